The highest BCUT2D eigenvalue weighted by molar-refractivity contribution is 5.71. The highest BCUT2D eigenvalue weighted by atomic mass is 16.6. The molecule has 0 aromatic carbocycles. The predicted molar refractivity (Wildman–Crippen MR) is 330 cm³/mol. The summed E-state index contributed by atoms with van der Waals surface area (Å²) in [6.45, 7) is 6.65. The van der Waals surface area contributed by atoms with E-state index >= 15 is 0 Å². The maximum atomic E-state index is 12.9. The summed E-state index contributed by atoms with van der Waals surface area (Å²) in [5.41, 5.74) is 0. The molecule has 0 aliphatic heterocycles. The lowest BCUT2D eigenvalue weighted by Crippen LogP contribution is -2.30. The van der Waals surface area contributed by atoms with Crippen LogP contribution in [0.4, 0.5) is 0 Å². The summed E-state index contributed by atoms with van der Waals surface area (Å²) in [4.78, 5) is 38.4. The molecule has 6 heteroatoms. The number of ether oxygens (including phenoxy) is 3. The van der Waals surface area contributed by atoms with Gasteiger partial charge in [-0.2, -0.15) is 0 Å². The van der Waals surface area contributed by atoms with E-state index in [-0.39, 0.29) is 31.1 Å². The molecular weight excluding hydrogens is 937 g/mol. The molecule has 1 atom stereocenters. The average Bonchev–Trinajstić information content (AvgIpc) is 3.42. The molecule has 0 saturated carbocycles. The molecule has 442 valence electrons. The van der Waals surface area contributed by atoms with Gasteiger partial charge in [0.1, 0.15) is 13.2 Å². The van der Waals surface area contributed by atoms with Crippen LogP contribution in [0.2, 0.25) is 0 Å². The fraction of sp³-hybridized carbons (Fsp3) is 0.814. The van der Waals surface area contributed by atoms with Crippen LogP contribution in [0, 0.1) is 0 Å². The summed E-state index contributed by atoms with van der Waals surface area (Å²) >= 11 is 0. The molecule has 0 aromatic rings. The highest BCUT2D eigenvalue weighted by Gasteiger charge is 2.19. The van der Waals surface area contributed by atoms with Gasteiger partial charge in [-0.25, -0.2) is 0 Å². The van der Waals surface area contributed by atoms with E-state index in [2.05, 4.69) is 81.5 Å². The van der Waals surface area contributed by atoms with E-state index in [1.54, 1.807) is 0 Å². The van der Waals surface area contributed by atoms with Crippen LogP contribution in [-0.2, 0) is 28.6 Å². The molecule has 1 unspecified atom stereocenters. The Morgan fingerprint density at radius 2 is 0.474 bits per heavy atom. The van der Waals surface area contributed by atoms with Crippen LogP contribution in [0.15, 0.2) is 60.8 Å². The van der Waals surface area contributed by atoms with Gasteiger partial charge in [0.05, 0.1) is 0 Å². The van der Waals surface area contributed by atoms with Crippen LogP contribution in [0.5, 0.6) is 0 Å². The second-order valence-corrected chi connectivity index (χ2v) is 22.4. The number of unbranched alkanes of at least 4 members (excludes halogenated alkanes) is 40. The van der Waals surface area contributed by atoms with Gasteiger partial charge >= 0.3 is 17.9 Å². The highest BCUT2D eigenvalue weighted by Crippen LogP contribution is 2.17. The minimum absolute atomic E-state index is 0.0734. The maximum Gasteiger partial charge on any atom is 0.306 e. The third-order valence-electron chi connectivity index (χ3n) is 14.7. The molecule has 0 bridgehead atoms. The van der Waals surface area contributed by atoms with E-state index in [9.17, 15) is 14.4 Å². The van der Waals surface area contributed by atoms with Gasteiger partial charge in [0.2, 0.25) is 0 Å². The van der Waals surface area contributed by atoms with Crippen molar-refractivity contribution in [3.63, 3.8) is 0 Å². The Morgan fingerprint density at radius 1 is 0.263 bits per heavy atom. The van der Waals surface area contributed by atoms with Crippen LogP contribution >= 0.6 is 0 Å². The Labute approximate surface area is 472 Å². The standard InChI is InChI=1S/C70H126O6/c1-4-7-10-13-16-19-22-25-28-30-32-33-34-35-36-37-39-40-42-45-48-51-54-57-60-63-69(72)75-66-67(65-74-68(71)62-59-56-53-50-47-44-27-24-21-18-15-12-9-6-3)76-70(73)64-61-58-55-52-49-46-43-41-38-31-29-26-23-20-17-14-11-8-5-2/h17,20,22,25-26,29-30,32,34-35,67H,4-16,18-19,21,23-24,27-28,31,33,36-66H2,1-3H3/b20-17-,25-22-,29-26-,32-30-,35-34-. The van der Waals surface area contributed by atoms with Crippen LogP contribution in [0.1, 0.15) is 348 Å². The number of hydrogen-bond donors (Lipinski definition) is 0. The summed E-state index contributed by atoms with van der Waals surface area (Å²) in [5.74, 6) is -0.862. The largest absolute Gasteiger partial charge is 0.462 e. The molecule has 0 aromatic heterocycles. The van der Waals surface area contributed by atoms with Crippen molar-refractivity contribution in [2.45, 2.75) is 354 Å². The minimum Gasteiger partial charge on any atom is -0.462 e. The molecule has 0 heterocycles. The fourth-order valence-corrected chi connectivity index (χ4v) is 9.72. The summed E-state index contributed by atoms with van der Waals surface area (Å²) in [5, 5.41) is 0. The Bertz CT molecular complexity index is 1360. The fourth-order valence-electron chi connectivity index (χ4n) is 9.72. The lowest BCUT2D eigenvalue weighted by atomic mass is 10.0. The lowest BCUT2D eigenvalue weighted by molar-refractivity contribution is -0.167. The number of allylic oxidation sites excluding steroid dienone is 10. The summed E-state index contributed by atoms with van der Waals surface area (Å²) in [6.07, 6.45) is 82.2. The van der Waals surface area contributed by atoms with Crippen molar-refractivity contribution in [2.75, 3.05) is 13.2 Å². The van der Waals surface area contributed by atoms with Gasteiger partial charge in [-0.15, -0.1) is 0 Å². The van der Waals surface area contributed by atoms with Crippen molar-refractivity contribution < 1.29 is 28.6 Å². The Hall–Kier alpha value is -2.89. The van der Waals surface area contributed by atoms with Crippen molar-refractivity contribution in [2.24, 2.45) is 0 Å². The second-order valence-electron chi connectivity index (χ2n) is 22.4. The Balaban J connectivity index is 4.31. The zero-order valence-electron chi connectivity index (χ0n) is 50.8. The molecule has 0 saturated heterocycles. The normalized spacial score (nSPS) is 12.4. The molecule has 6 nitrogen and oxygen atoms in total. The third kappa shape index (κ3) is 62.0. The van der Waals surface area contributed by atoms with Crippen molar-refractivity contribution in [1.29, 1.82) is 0 Å². The van der Waals surface area contributed by atoms with Crippen LogP contribution in [0.25, 0.3) is 0 Å². The van der Waals surface area contributed by atoms with Crippen molar-refractivity contribution in [3.8, 4) is 0 Å². The minimum atomic E-state index is -0.777. The first-order chi connectivity index (χ1) is 37.5. The first kappa shape index (κ1) is 73.1. The first-order valence-electron chi connectivity index (χ1n) is 33.3. The zero-order valence-corrected chi connectivity index (χ0v) is 50.8. The lowest BCUT2D eigenvalue weighted by Gasteiger charge is -2.18. The summed E-state index contributed by atoms with van der Waals surface area (Å²) in [6, 6.07) is 0. The van der Waals surface area contributed by atoms with Gasteiger partial charge in [0, 0.05) is 19.3 Å². The molecule has 76 heavy (non-hydrogen) atoms. The van der Waals surface area contributed by atoms with Gasteiger partial charge in [-0.05, 0) is 89.9 Å². The maximum absolute atomic E-state index is 12.9. The monoisotopic (exact) mass is 1060 g/mol. The Kier molecular flexibility index (Phi) is 62.2. The van der Waals surface area contributed by atoms with E-state index < -0.39 is 6.10 Å². The van der Waals surface area contributed by atoms with Gasteiger partial charge in [0.15, 0.2) is 6.10 Å². The molecular formula is C70H126O6. The number of carbonyl (C=O) groups is 3. The van der Waals surface area contributed by atoms with Crippen LogP contribution in [0.3, 0.4) is 0 Å². The summed E-state index contributed by atoms with van der Waals surface area (Å²) in [7, 11) is 0. The van der Waals surface area contributed by atoms with Crippen molar-refractivity contribution in [1.82, 2.24) is 0 Å². The molecule has 0 N–H and O–H groups in total. The van der Waals surface area contributed by atoms with E-state index in [0.29, 0.717) is 19.3 Å². The van der Waals surface area contributed by atoms with Gasteiger partial charge in [0.25, 0.3) is 0 Å². The van der Waals surface area contributed by atoms with E-state index in [0.717, 1.165) is 77.0 Å². The Morgan fingerprint density at radius 3 is 0.763 bits per heavy atom. The topological polar surface area (TPSA) is 78.9 Å². The average molecular weight is 1060 g/mol. The molecule has 0 aliphatic carbocycles. The molecule has 0 aliphatic rings. The zero-order chi connectivity index (χ0) is 55.0. The smallest absolute Gasteiger partial charge is 0.306 e. The van der Waals surface area contributed by atoms with Gasteiger partial charge < -0.3 is 14.2 Å². The predicted octanol–water partition coefficient (Wildman–Crippen LogP) is 22.7. The quantitative estimate of drug-likeness (QED) is 0.0261. The number of esters is 3. The van der Waals surface area contributed by atoms with Crippen LogP contribution < -0.4 is 0 Å². The third-order valence-corrected chi connectivity index (χ3v) is 14.7. The molecule has 0 fully saturated rings. The van der Waals surface area contributed by atoms with Crippen molar-refractivity contribution in [3.05, 3.63) is 60.8 Å². The van der Waals surface area contributed by atoms with Gasteiger partial charge in [-0.3, -0.25) is 14.4 Å². The number of carbonyl (C=O) groups excluding carboxylic acids is 3. The molecule has 0 radical (unpaired) electrons. The van der Waals surface area contributed by atoms with E-state index in [1.807, 2.05) is 0 Å². The summed E-state index contributed by atoms with van der Waals surface area (Å²) < 4.78 is 17.0. The van der Waals surface area contributed by atoms with Crippen LogP contribution in [-0.4, -0.2) is 37.2 Å². The molecule has 0 amide bonds. The van der Waals surface area contributed by atoms with Gasteiger partial charge in [-0.1, -0.05) is 300 Å². The van der Waals surface area contributed by atoms with Crippen molar-refractivity contribution >= 4 is 17.9 Å². The molecule has 0 rings (SSSR count). The number of rotatable bonds is 61. The first-order valence-corrected chi connectivity index (χ1v) is 33.3. The molecule has 0 spiro atoms. The van der Waals surface area contributed by atoms with E-state index in [4.69, 9.17) is 14.2 Å². The van der Waals surface area contributed by atoms with E-state index in [1.165, 1.54) is 231 Å². The second kappa shape index (κ2) is 64.6. The number of hydrogen-bond acceptors (Lipinski definition) is 6. The SMILES string of the molecule is CCCCC/C=C\C/C=C\CCCCCCCCCCCC(=O)OC(COC(=O)CCCCCCCCCCCC/C=C\C/C=C\C/C=C\CCCCCCC)COC(=O)CCCCCCCCCCCCCCCC.